The Kier molecular flexibility index (Phi) is 4.11. The number of hydrogen-bond acceptors (Lipinski definition) is 4. The van der Waals surface area contributed by atoms with Gasteiger partial charge < -0.3 is 0 Å². The Balaban J connectivity index is 2.12. The van der Waals surface area contributed by atoms with Gasteiger partial charge in [0.1, 0.15) is 11.9 Å². The zero-order valence-corrected chi connectivity index (χ0v) is 13.8. The van der Waals surface area contributed by atoms with E-state index in [0.29, 0.717) is 16.5 Å². The molecule has 3 aromatic rings. The molecule has 0 spiro atoms. The maximum absolute atomic E-state index is 11.4. The number of sulfonamides is 1. The maximum Gasteiger partial charge on any atom is 0.238 e. The van der Waals surface area contributed by atoms with Crippen LogP contribution in [0.15, 0.2) is 59.6 Å². The number of primary sulfonamides is 1. The first kappa shape index (κ1) is 16.2. The van der Waals surface area contributed by atoms with Crippen LogP contribution in [0.25, 0.3) is 17.1 Å². The summed E-state index contributed by atoms with van der Waals surface area (Å²) in [5, 5.41) is 14.8. The van der Waals surface area contributed by atoms with Gasteiger partial charge in [0.25, 0.3) is 0 Å². The quantitative estimate of drug-likeness (QED) is 0.777. The lowest BCUT2D eigenvalue weighted by atomic mass is 10.2. The summed E-state index contributed by atoms with van der Waals surface area (Å²) in [5.41, 5.74) is 1.67. The van der Waals surface area contributed by atoms with Crippen LogP contribution < -0.4 is 5.14 Å². The molecule has 3 rings (SSSR count). The topological polar surface area (TPSA) is 102 Å². The van der Waals surface area contributed by atoms with E-state index in [1.54, 1.807) is 47.2 Å². The highest BCUT2D eigenvalue weighted by molar-refractivity contribution is 7.89. The lowest BCUT2D eigenvalue weighted by Gasteiger charge is -2.08. The average Bonchev–Trinajstić information content (AvgIpc) is 2.99. The molecule has 0 amide bonds. The summed E-state index contributed by atoms with van der Waals surface area (Å²) in [4.78, 5) is 4.31. The summed E-state index contributed by atoms with van der Waals surface area (Å²) in [5.74, 6) is 0.548. The Hall–Kier alpha value is -2.66. The molecule has 2 N–H and O–H groups in total. The number of benzene rings is 2. The van der Waals surface area contributed by atoms with Gasteiger partial charge in [0.15, 0.2) is 5.69 Å². The van der Waals surface area contributed by atoms with E-state index in [1.807, 2.05) is 6.07 Å². The highest BCUT2D eigenvalue weighted by Crippen LogP contribution is 2.25. The van der Waals surface area contributed by atoms with Crippen molar-refractivity contribution in [2.45, 2.75) is 4.90 Å². The monoisotopic (exact) mass is 358 g/mol. The lowest BCUT2D eigenvalue weighted by Crippen LogP contribution is -2.12. The van der Waals surface area contributed by atoms with Gasteiger partial charge in [-0.05, 0) is 48.5 Å². The molecule has 1 aromatic heterocycles. The minimum Gasteiger partial charge on any atom is -0.298 e. The molecule has 0 fully saturated rings. The lowest BCUT2D eigenvalue weighted by molar-refractivity contribution is 0.598. The first-order valence-corrected chi connectivity index (χ1v) is 8.69. The number of rotatable bonds is 3. The first-order chi connectivity index (χ1) is 11.4. The van der Waals surface area contributed by atoms with Crippen molar-refractivity contribution >= 4 is 21.6 Å². The molecule has 8 heteroatoms. The van der Waals surface area contributed by atoms with Gasteiger partial charge in [-0.3, -0.25) is 4.57 Å². The van der Waals surface area contributed by atoms with Gasteiger partial charge in [-0.25, -0.2) is 18.5 Å². The Morgan fingerprint density at radius 3 is 2.25 bits per heavy atom. The summed E-state index contributed by atoms with van der Waals surface area (Å²) in [6, 6.07) is 15.1. The molecule has 0 aliphatic rings. The molecule has 0 aliphatic heterocycles. The number of nitrogens with two attached hydrogens (primary N) is 1. The zero-order chi connectivity index (χ0) is 17.3. The van der Waals surface area contributed by atoms with Gasteiger partial charge in [-0.15, -0.1) is 0 Å². The van der Waals surface area contributed by atoms with E-state index in [0.717, 1.165) is 5.56 Å². The molecule has 120 valence electrons. The number of nitriles is 1. The third kappa shape index (κ3) is 3.16. The molecule has 0 radical (unpaired) electrons. The smallest absolute Gasteiger partial charge is 0.238 e. The Morgan fingerprint density at radius 2 is 1.71 bits per heavy atom. The van der Waals surface area contributed by atoms with E-state index in [9.17, 15) is 8.42 Å². The number of aromatic nitrogens is 2. The maximum atomic E-state index is 11.4. The van der Waals surface area contributed by atoms with Crippen molar-refractivity contribution in [3.05, 3.63) is 65.4 Å². The highest BCUT2D eigenvalue weighted by Gasteiger charge is 2.13. The second-order valence-electron chi connectivity index (χ2n) is 4.98. The molecule has 24 heavy (non-hydrogen) atoms. The Labute approximate surface area is 143 Å². The van der Waals surface area contributed by atoms with Crippen molar-refractivity contribution in [2.24, 2.45) is 5.14 Å². The van der Waals surface area contributed by atoms with Gasteiger partial charge >= 0.3 is 0 Å². The van der Waals surface area contributed by atoms with E-state index < -0.39 is 10.0 Å². The predicted octanol–water partition coefficient (Wildman–Crippen LogP) is 2.71. The van der Waals surface area contributed by atoms with Crippen molar-refractivity contribution in [2.75, 3.05) is 0 Å². The second kappa shape index (κ2) is 6.09. The average molecular weight is 359 g/mol. The van der Waals surface area contributed by atoms with Crippen molar-refractivity contribution < 1.29 is 8.42 Å². The van der Waals surface area contributed by atoms with E-state index >= 15 is 0 Å². The van der Waals surface area contributed by atoms with Gasteiger partial charge in [-0.2, -0.15) is 5.26 Å². The van der Waals surface area contributed by atoms with Crippen LogP contribution in [0.1, 0.15) is 5.69 Å². The van der Waals surface area contributed by atoms with Crippen LogP contribution >= 0.6 is 11.6 Å². The van der Waals surface area contributed by atoms with E-state index in [2.05, 4.69) is 4.98 Å². The Morgan fingerprint density at radius 1 is 1.08 bits per heavy atom. The van der Waals surface area contributed by atoms with Crippen LogP contribution in [-0.4, -0.2) is 18.0 Å². The summed E-state index contributed by atoms with van der Waals surface area (Å²) in [6.45, 7) is 0. The Bertz CT molecular complexity index is 1030. The minimum absolute atomic E-state index is 0.0138. The molecular weight excluding hydrogens is 348 g/mol. The second-order valence-corrected chi connectivity index (χ2v) is 6.98. The van der Waals surface area contributed by atoms with Crippen LogP contribution in [-0.2, 0) is 10.0 Å². The van der Waals surface area contributed by atoms with Crippen molar-refractivity contribution in [3.63, 3.8) is 0 Å². The van der Waals surface area contributed by atoms with Crippen LogP contribution in [0, 0.1) is 11.3 Å². The number of hydrogen-bond donors (Lipinski definition) is 1. The van der Waals surface area contributed by atoms with Gasteiger partial charge in [-0.1, -0.05) is 11.6 Å². The van der Waals surface area contributed by atoms with Crippen molar-refractivity contribution in [1.29, 1.82) is 5.26 Å². The molecule has 0 saturated heterocycles. The highest BCUT2D eigenvalue weighted by atomic mass is 35.5. The largest absolute Gasteiger partial charge is 0.298 e. The molecule has 0 unspecified atom stereocenters. The van der Waals surface area contributed by atoms with Crippen LogP contribution in [0.3, 0.4) is 0 Å². The van der Waals surface area contributed by atoms with Crippen molar-refractivity contribution in [3.8, 4) is 23.1 Å². The third-order valence-electron chi connectivity index (χ3n) is 3.37. The van der Waals surface area contributed by atoms with Crippen LogP contribution in [0.2, 0.25) is 5.02 Å². The van der Waals surface area contributed by atoms with Crippen molar-refractivity contribution in [1.82, 2.24) is 9.55 Å². The SMILES string of the molecule is N#Cc1cn(-c2ccc(S(N)(=O)=O)cc2)c(-c2ccc(Cl)cc2)n1. The minimum atomic E-state index is -3.76. The van der Waals surface area contributed by atoms with Gasteiger partial charge in [0.05, 0.1) is 4.90 Å². The summed E-state index contributed by atoms with van der Waals surface area (Å²) in [7, 11) is -3.76. The molecule has 0 atom stereocenters. The molecular formula is C16H11ClN4O2S. The molecule has 2 aromatic carbocycles. The summed E-state index contributed by atoms with van der Waals surface area (Å²) in [6.07, 6.45) is 1.58. The fourth-order valence-corrected chi connectivity index (χ4v) is 2.87. The van der Waals surface area contributed by atoms with E-state index in [4.69, 9.17) is 22.0 Å². The molecule has 0 bridgehead atoms. The third-order valence-corrected chi connectivity index (χ3v) is 4.55. The van der Waals surface area contributed by atoms with E-state index in [-0.39, 0.29) is 10.6 Å². The fourth-order valence-electron chi connectivity index (χ4n) is 2.23. The van der Waals surface area contributed by atoms with Crippen LogP contribution in [0.4, 0.5) is 0 Å². The predicted molar refractivity (Wildman–Crippen MR) is 90.1 cm³/mol. The van der Waals surface area contributed by atoms with Gasteiger partial charge in [0.2, 0.25) is 10.0 Å². The van der Waals surface area contributed by atoms with Crippen LogP contribution in [0.5, 0.6) is 0 Å². The zero-order valence-electron chi connectivity index (χ0n) is 12.2. The number of nitrogens with zero attached hydrogens (tertiary/aromatic N) is 3. The normalized spacial score (nSPS) is 11.2. The molecule has 1 heterocycles. The fraction of sp³-hybridized carbons (Fsp3) is 0. The summed E-state index contributed by atoms with van der Waals surface area (Å²) < 4.78 is 24.4. The molecule has 0 aliphatic carbocycles. The number of imidazole rings is 1. The molecule has 0 saturated carbocycles. The van der Waals surface area contributed by atoms with E-state index in [1.165, 1.54) is 12.1 Å². The summed E-state index contributed by atoms with van der Waals surface area (Å²) >= 11 is 5.90. The van der Waals surface area contributed by atoms with Gasteiger partial charge in [0, 0.05) is 22.5 Å². The first-order valence-electron chi connectivity index (χ1n) is 6.77. The molecule has 6 nitrogen and oxygen atoms in total. The number of halogens is 1. The standard InChI is InChI=1S/C16H11ClN4O2S/c17-12-3-1-11(2-4-12)16-20-13(9-18)10-21(16)14-5-7-15(8-6-14)24(19,22)23/h1-8,10H,(H2,19,22,23).